The number of halogens is 4. The first-order valence-electron chi connectivity index (χ1n) is 3.84. The van der Waals surface area contributed by atoms with E-state index < -0.39 is 29.7 Å². The van der Waals surface area contributed by atoms with Gasteiger partial charge in [0.25, 0.3) is 0 Å². The van der Waals surface area contributed by atoms with E-state index in [-0.39, 0.29) is 5.56 Å². The van der Waals surface area contributed by atoms with Crippen LogP contribution in [-0.2, 0) is 5.92 Å². The van der Waals surface area contributed by atoms with Gasteiger partial charge < -0.3 is 5.11 Å². The smallest absolute Gasteiger partial charge is 0.301 e. The van der Waals surface area contributed by atoms with Crippen LogP contribution in [0.1, 0.15) is 11.1 Å². The molecule has 0 atom stereocenters. The molecule has 1 aromatic rings. The molecule has 0 radical (unpaired) electrons. The summed E-state index contributed by atoms with van der Waals surface area (Å²) in [5.74, 6) is -6.56. The molecule has 0 spiro atoms. The third-order valence-electron chi connectivity index (χ3n) is 1.85. The van der Waals surface area contributed by atoms with E-state index in [4.69, 9.17) is 5.11 Å². The first kappa shape index (κ1) is 11.0. The predicted octanol–water partition coefficient (Wildman–Crippen LogP) is 2.36. The SMILES string of the molecule is Cc1ccc(F)c(C(F)(F)CO)c1F. The summed E-state index contributed by atoms with van der Waals surface area (Å²) in [4.78, 5) is 0. The lowest BCUT2D eigenvalue weighted by Crippen LogP contribution is -2.22. The molecule has 1 nitrogen and oxygen atoms in total. The number of aliphatic hydroxyl groups excluding tert-OH is 1. The summed E-state index contributed by atoms with van der Waals surface area (Å²) in [5.41, 5.74) is -1.46. The molecule has 1 rings (SSSR count). The van der Waals surface area contributed by atoms with Crippen molar-refractivity contribution in [1.82, 2.24) is 0 Å². The molecule has 0 aliphatic heterocycles. The average Bonchev–Trinajstić information content (AvgIpc) is 2.12. The van der Waals surface area contributed by atoms with Gasteiger partial charge in [-0.3, -0.25) is 0 Å². The second kappa shape index (κ2) is 3.57. The lowest BCUT2D eigenvalue weighted by molar-refractivity contribution is -0.0611. The van der Waals surface area contributed by atoms with Crippen LogP contribution in [0.5, 0.6) is 0 Å². The van der Waals surface area contributed by atoms with E-state index in [0.717, 1.165) is 12.1 Å². The zero-order valence-corrected chi connectivity index (χ0v) is 7.32. The fourth-order valence-corrected chi connectivity index (χ4v) is 1.07. The molecule has 14 heavy (non-hydrogen) atoms. The molecular formula is C9H8F4O. The molecule has 0 bridgehead atoms. The van der Waals surface area contributed by atoms with Gasteiger partial charge in [-0.05, 0) is 18.6 Å². The van der Waals surface area contributed by atoms with Gasteiger partial charge in [0.1, 0.15) is 18.2 Å². The summed E-state index contributed by atoms with van der Waals surface area (Å²) >= 11 is 0. The Morgan fingerprint density at radius 3 is 2.36 bits per heavy atom. The van der Waals surface area contributed by atoms with Crippen LogP contribution in [0.15, 0.2) is 12.1 Å². The van der Waals surface area contributed by atoms with Crippen molar-refractivity contribution >= 4 is 0 Å². The summed E-state index contributed by atoms with van der Waals surface area (Å²) in [7, 11) is 0. The summed E-state index contributed by atoms with van der Waals surface area (Å²) in [6.45, 7) is -0.379. The largest absolute Gasteiger partial charge is 0.390 e. The fourth-order valence-electron chi connectivity index (χ4n) is 1.07. The van der Waals surface area contributed by atoms with Crippen LogP contribution >= 0.6 is 0 Å². The highest BCUT2D eigenvalue weighted by molar-refractivity contribution is 5.30. The predicted molar refractivity (Wildman–Crippen MR) is 42.1 cm³/mol. The number of rotatable bonds is 2. The Labute approximate surface area is 78.0 Å². The number of alkyl halides is 2. The molecule has 1 aromatic carbocycles. The van der Waals surface area contributed by atoms with Crippen molar-refractivity contribution < 1.29 is 22.7 Å². The van der Waals surface area contributed by atoms with Crippen molar-refractivity contribution in [3.63, 3.8) is 0 Å². The molecule has 0 aliphatic rings. The van der Waals surface area contributed by atoms with Crippen LogP contribution in [0.2, 0.25) is 0 Å². The van der Waals surface area contributed by atoms with Gasteiger partial charge in [0.2, 0.25) is 0 Å². The van der Waals surface area contributed by atoms with E-state index in [1.165, 1.54) is 6.92 Å². The first-order valence-corrected chi connectivity index (χ1v) is 3.84. The molecule has 1 N–H and O–H groups in total. The van der Waals surface area contributed by atoms with Crippen molar-refractivity contribution in [2.75, 3.05) is 6.61 Å². The Bertz CT molecular complexity index is 349. The monoisotopic (exact) mass is 208 g/mol. The maximum atomic E-state index is 13.1. The minimum absolute atomic E-state index is 0.0884. The van der Waals surface area contributed by atoms with E-state index in [1.807, 2.05) is 0 Å². The molecule has 0 unspecified atom stereocenters. The number of aliphatic hydroxyl groups is 1. The highest BCUT2D eigenvalue weighted by Gasteiger charge is 2.37. The van der Waals surface area contributed by atoms with Gasteiger partial charge >= 0.3 is 5.92 Å². The van der Waals surface area contributed by atoms with Gasteiger partial charge in [-0.2, -0.15) is 8.78 Å². The highest BCUT2D eigenvalue weighted by Crippen LogP contribution is 2.32. The van der Waals surface area contributed by atoms with E-state index in [9.17, 15) is 17.6 Å². The van der Waals surface area contributed by atoms with Crippen molar-refractivity contribution in [3.05, 3.63) is 34.9 Å². The van der Waals surface area contributed by atoms with Gasteiger partial charge in [-0.25, -0.2) is 8.78 Å². The molecular weight excluding hydrogens is 200 g/mol. The summed E-state index contributed by atoms with van der Waals surface area (Å²) in [6.07, 6.45) is 0. The maximum absolute atomic E-state index is 13.1. The topological polar surface area (TPSA) is 20.2 Å². The number of hydrogen-bond donors (Lipinski definition) is 1. The molecule has 5 heteroatoms. The van der Waals surface area contributed by atoms with Crippen molar-refractivity contribution in [2.45, 2.75) is 12.8 Å². The first-order chi connectivity index (χ1) is 6.40. The van der Waals surface area contributed by atoms with Crippen LogP contribution in [0.4, 0.5) is 17.6 Å². The van der Waals surface area contributed by atoms with Crippen LogP contribution in [0.25, 0.3) is 0 Å². The Kier molecular flexibility index (Phi) is 2.80. The lowest BCUT2D eigenvalue weighted by atomic mass is 10.0. The third-order valence-corrected chi connectivity index (χ3v) is 1.85. The summed E-state index contributed by atoms with van der Waals surface area (Å²) < 4.78 is 51.7. The molecule has 0 saturated carbocycles. The molecule has 0 heterocycles. The Hall–Kier alpha value is -1.10. The molecule has 0 amide bonds. The summed E-state index contributed by atoms with van der Waals surface area (Å²) in [5, 5.41) is 8.30. The van der Waals surface area contributed by atoms with Crippen LogP contribution in [-0.4, -0.2) is 11.7 Å². The quantitative estimate of drug-likeness (QED) is 0.739. The van der Waals surface area contributed by atoms with Crippen molar-refractivity contribution in [3.8, 4) is 0 Å². The standard InChI is InChI=1S/C9H8F4O/c1-5-2-3-6(10)7(8(5)11)9(12,13)4-14/h2-3,14H,4H2,1H3. The van der Waals surface area contributed by atoms with Crippen LogP contribution in [0, 0.1) is 18.6 Å². The molecule has 0 saturated heterocycles. The minimum Gasteiger partial charge on any atom is -0.390 e. The Morgan fingerprint density at radius 1 is 1.29 bits per heavy atom. The average molecular weight is 208 g/mol. The number of hydrogen-bond acceptors (Lipinski definition) is 1. The molecule has 0 aromatic heterocycles. The van der Waals surface area contributed by atoms with E-state index >= 15 is 0 Å². The van der Waals surface area contributed by atoms with Gasteiger partial charge in [-0.15, -0.1) is 0 Å². The minimum atomic E-state index is -3.89. The van der Waals surface area contributed by atoms with Crippen LogP contribution in [0.3, 0.4) is 0 Å². The molecule has 78 valence electrons. The second-order valence-corrected chi connectivity index (χ2v) is 2.92. The van der Waals surface area contributed by atoms with Crippen molar-refractivity contribution in [2.24, 2.45) is 0 Å². The number of aryl methyl sites for hydroxylation is 1. The zero-order chi connectivity index (χ0) is 10.9. The second-order valence-electron chi connectivity index (χ2n) is 2.92. The maximum Gasteiger partial charge on any atom is 0.301 e. The molecule has 0 aliphatic carbocycles. The Morgan fingerprint density at radius 2 is 1.86 bits per heavy atom. The Balaban J connectivity index is 3.40. The lowest BCUT2D eigenvalue weighted by Gasteiger charge is -2.16. The zero-order valence-electron chi connectivity index (χ0n) is 7.32. The fraction of sp³-hybridized carbons (Fsp3) is 0.333. The van der Waals surface area contributed by atoms with E-state index in [2.05, 4.69) is 0 Å². The van der Waals surface area contributed by atoms with Crippen LogP contribution < -0.4 is 0 Å². The van der Waals surface area contributed by atoms with Gasteiger partial charge in [0, 0.05) is 0 Å². The number of benzene rings is 1. The van der Waals surface area contributed by atoms with Crippen molar-refractivity contribution in [1.29, 1.82) is 0 Å². The van der Waals surface area contributed by atoms with Gasteiger partial charge in [0.15, 0.2) is 0 Å². The van der Waals surface area contributed by atoms with E-state index in [0.29, 0.717) is 0 Å². The third kappa shape index (κ3) is 1.72. The van der Waals surface area contributed by atoms with Gasteiger partial charge in [0.05, 0.1) is 5.56 Å². The van der Waals surface area contributed by atoms with E-state index in [1.54, 1.807) is 0 Å². The van der Waals surface area contributed by atoms with Gasteiger partial charge in [-0.1, -0.05) is 6.07 Å². The molecule has 0 fully saturated rings. The highest BCUT2D eigenvalue weighted by atomic mass is 19.3. The normalized spacial score (nSPS) is 11.9. The summed E-state index contributed by atoms with van der Waals surface area (Å²) in [6, 6.07) is 1.80.